The molecule has 0 aliphatic carbocycles. The molecule has 0 aromatic heterocycles. The lowest BCUT2D eigenvalue weighted by molar-refractivity contribution is -0.192. The minimum Gasteiger partial charge on any atom is -0.459 e. The fraction of sp³-hybridized carbons (Fsp3) is 0.957. The summed E-state index contributed by atoms with van der Waals surface area (Å²) in [6.45, 7) is 14.9. The molecule has 0 spiro atoms. The van der Waals surface area contributed by atoms with Gasteiger partial charge in [0.1, 0.15) is 17.8 Å². The number of nitrogens with zero attached hydrogens (tertiary/aromatic N) is 1. The second kappa shape index (κ2) is 10.3. The molecule has 1 rings (SSSR count). The molecular weight excluding hydrogens is 386 g/mol. The Hall–Kier alpha value is -0.730. The third kappa shape index (κ3) is 5.94. The summed E-state index contributed by atoms with van der Waals surface area (Å²) in [5.74, 6) is -1.94. The Balaban J connectivity index is 3.36. The van der Waals surface area contributed by atoms with E-state index in [1.165, 1.54) is 6.92 Å². The topological polar surface area (TPSA) is 110 Å². The summed E-state index contributed by atoms with van der Waals surface area (Å²) in [6, 6.07) is -0.398. The maximum absolute atomic E-state index is 12.8. The average Bonchev–Trinajstić information content (AvgIpc) is 2.66. The fourth-order valence-electron chi connectivity index (χ4n) is 4.85. The summed E-state index contributed by atoms with van der Waals surface area (Å²) in [6.07, 6.45) is -2.24. The zero-order chi connectivity index (χ0) is 23.6. The molecular formula is C23H45NO6. The van der Waals surface area contributed by atoms with Gasteiger partial charge in [0, 0.05) is 12.6 Å². The highest BCUT2D eigenvalue weighted by molar-refractivity contribution is 5.73. The largest absolute Gasteiger partial charge is 0.459 e. The Morgan fingerprint density at radius 1 is 1.10 bits per heavy atom. The van der Waals surface area contributed by atoms with Crippen LogP contribution in [-0.4, -0.2) is 80.4 Å². The summed E-state index contributed by atoms with van der Waals surface area (Å²) in [5, 5.41) is 44.0. The van der Waals surface area contributed by atoms with E-state index in [0.717, 1.165) is 0 Å². The molecule has 0 aromatic carbocycles. The highest BCUT2D eigenvalue weighted by Crippen LogP contribution is 2.35. The molecule has 10 unspecified atom stereocenters. The van der Waals surface area contributed by atoms with Crippen molar-refractivity contribution >= 4 is 5.97 Å². The Morgan fingerprint density at radius 3 is 2.13 bits per heavy atom. The van der Waals surface area contributed by atoms with E-state index in [-0.39, 0.29) is 17.8 Å². The molecule has 0 saturated carbocycles. The Kier molecular flexibility index (Phi) is 9.34. The van der Waals surface area contributed by atoms with Gasteiger partial charge in [-0.25, -0.2) is 0 Å². The van der Waals surface area contributed by atoms with Crippen molar-refractivity contribution in [1.82, 2.24) is 4.90 Å². The predicted molar refractivity (Wildman–Crippen MR) is 117 cm³/mol. The zero-order valence-electron chi connectivity index (χ0n) is 20.3. The molecule has 1 heterocycles. The molecule has 0 aromatic rings. The van der Waals surface area contributed by atoms with Gasteiger partial charge in [-0.15, -0.1) is 0 Å². The van der Waals surface area contributed by atoms with E-state index in [4.69, 9.17) is 4.74 Å². The number of likely N-dealkylation sites (N-methyl/N-ethyl adjacent to an activating group) is 1. The third-order valence-corrected chi connectivity index (χ3v) is 7.59. The van der Waals surface area contributed by atoms with E-state index in [1.54, 1.807) is 20.8 Å². The van der Waals surface area contributed by atoms with Crippen molar-refractivity contribution in [2.45, 2.75) is 104 Å². The summed E-state index contributed by atoms with van der Waals surface area (Å²) in [4.78, 5) is 14.7. The fourth-order valence-corrected chi connectivity index (χ4v) is 4.85. The number of rotatable bonds is 1. The lowest BCUT2D eigenvalue weighted by atomic mass is 9.73. The van der Waals surface area contributed by atoms with Crippen molar-refractivity contribution in [2.75, 3.05) is 13.6 Å². The van der Waals surface area contributed by atoms with Crippen LogP contribution < -0.4 is 0 Å². The van der Waals surface area contributed by atoms with Gasteiger partial charge in [0.15, 0.2) is 0 Å². The number of ether oxygens (including phenoxy) is 1. The predicted octanol–water partition coefficient (Wildman–Crippen LogP) is 1.80. The number of hydrogen-bond donors (Lipinski definition) is 4. The molecule has 1 aliphatic heterocycles. The van der Waals surface area contributed by atoms with Crippen LogP contribution in [0.5, 0.6) is 0 Å². The quantitative estimate of drug-likeness (QED) is 0.469. The summed E-state index contributed by atoms with van der Waals surface area (Å²) < 4.78 is 5.59. The molecule has 1 saturated heterocycles. The van der Waals surface area contributed by atoms with Gasteiger partial charge in [-0.1, -0.05) is 27.7 Å². The second-order valence-corrected chi connectivity index (χ2v) is 10.3. The van der Waals surface area contributed by atoms with Crippen molar-refractivity contribution in [2.24, 2.45) is 23.7 Å². The normalized spacial score (nSPS) is 48.5. The van der Waals surface area contributed by atoms with Crippen molar-refractivity contribution < 1.29 is 30.0 Å². The van der Waals surface area contributed by atoms with Crippen LogP contribution >= 0.6 is 0 Å². The monoisotopic (exact) mass is 431 g/mol. The SMILES string of the molecule is CCC1OC(=O)C(C)C(O)C(C)C(C)C(C)(O)CC(C)CN(C)C(C)C(O)C1(C)O. The molecule has 7 heteroatoms. The van der Waals surface area contributed by atoms with Gasteiger partial charge in [0.05, 0.1) is 17.6 Å². The van der Waals surface area contributed by atoms with Crippen LogP contribution in [0.15, 0.2) is 0 Å². The third-order valence-electron chi connectivity index (χ3n) is 7.59. The first kappa shape index (κ1) is 27.3. The van der Waals surface area contributed by atoms with Crippen molar-refractivity contribution in [3.05, 3.63) is 0 Å². The standard InChI is InChI=1S/C23H45NO6/c1-10-18-23(8,29)20(26)17(6)24(9)12-13(2)11-22(7,28)16(5)14(3)19(25)15(4)21(27)30-18/h13-20,25-26,28-29H,10-12H2,1-9H3. The molecule has 0 radical (unpaired) electrons. The van der Waals surface area contributed by atoms with E-state index in [9.17, 15) is 25.2 Å². The zero-order valence-corrected chi connectivity index (χ0v) is 20.3. The van der Waals surface area contributed by atoms with Crippen LogP contribution in [-0.2, 0) is 9.53 Å². The molecule has 4 N–H and O–H groups in total. The summed E-state index contributed by atoms with van der Waals surface area (Å²) >= 11 is 0. The maximum Gasteiger partial charge on any atom is 0.311 e. The maximum atomic E-state index is 12.8. The van der Waals surface area contributed by atoms with E-state index < -0.39 is 47.4 Å². The Labute approximate surface area is 182 Å². The van der Waals surface area contributed by atoms with E-state index >= 15 is 0 Å². The van der Waals surface area contributed by atoms with Crippen LogP contribution in [0, 0.1) is 23.7 Å². The second-order valence-electron chi connectivity index (χ2n) is 10.3. The Morgan fingerprint density at radius 2 is 1.63 bits per heavy atom. The Bertz CT molecular complexity index is 566. The number of carbonyl (C=O) groups is 1. The first-order chi connectivity index (χ1) is 13.6. The van der Waals surface area contributed by atoms with Gasteiger partial charge in [0.25, 0.3) is 0 Å². The highest BCUT2D eigenvalue weighted by atomic mass is 16.6. The van der Waals surface area contributed by atoms with Gasteiger partial charge < -0.3 is 30.1 Å². The van der Waals surface area contributed by atoms with Crippen LogP contribution in [0.3, 0.4) is 0 Å². The minimum atomic E-state index is -1.66. The smallest absolute Gasteiger partial charge is 0.311 e. The van der Waals surface area contributed by atoms with Gasteiger partial charge in [-0.3, -0.25) is 4.79 Å². The van der Waals surface area contributed by atoms with Gasteiger partial charge in [-0.2, -0.15) is 0 Å². The molecule has 0 bridgehead atoms. The minimum absolute atomic E-state index is 0.110. The van der Waals surface area contributed by atoms with Crippen molar-refractivity contribution in [3.8, 4) is 0 Å². The number of cyclic esters (lactones) is 1. The van der Waals surface area contributed by atoms with Crippen molar-refractivity contribution in [3.63, 3.8) is 0 Å². The first-order valence-electron chi connectivity index (χ1n) is 11.3. The van der Waals surface area contributed by atoms with Crippen LogP contribution in [0.4, 0.5) is 0 Å². The van der Waals surface area contributed by atoms with Crippen LogP contribution in [0.25, 0.3) is 0 Å². The van der Waals surface area contributed by atoms with Gasteiger partial charge in [-0.05, 0) is 65.3 Å². The lowest BCUT2D eigenvalue weighted by Crippen LogP contribution is -2.59. The molecule has 1 aliphatic rings. The van der Waals surface area contributed by atoms with Gasteiger partial charge in [0.2, 0.25) is 0 Å². The average molecular weight is 432 g/mol. The molecule has 178 valence electrons. The number of esters is 1. The molecule has 7 nitrogen and oxygen atoms in total. The molecule has 1 fully saturated rings. The molecule has 30 heavy (non-hydrogen) atoms. The van der Waals surface area contributed by atoms with Crippen LogP contribution in [0.1, 0.15) is 68.2 Å². The molecule has 0 amide bonds. The van der Waals surface area contributed by atoms with Crippen LogP contribution in [0.2, 0.25) is 0 Å². The lowest BCUT2D eigenvalue weighted by Gasteiger charge is -2.42. The number of aliphatic hydroxyl groups is 4. The number of carbonyl (C=O) groups excluding carboxylic acids is 1. The summed E-state index contributed by atoms with van der Waals surface area (Å²) in [5.41, 5.74) is -2.69. The number of aliphatic hydroxyl groups excluding tert-OH is 2. The highest BCUT2D eigenvalue weighted by Gasteiger charge is 2.46. The van der Waals surface area contributed by atoms with Gasteiger partial charge >= 0.3 is 5.97 Å². The molecule has 10 atom stereocenters. The summed E-state index contributed by atoms with van der Waals surface area (Å²) in [7, 11) is 1.87. The van der Waals surface area contributed by atoms with Crippen molar-refractivity contribution in [1.29, 1.82) is 0 Å². The first-order valence-corrected chi connectivity index (χ1v) is 11.3. The van der Waals surface area contributed by atoms with E-state index in [0.29, 0.717) is 19.4 Å². The van der Waals surface area contributed by atoms with E-state index in [2.05, 4.69) is 0 Å². The van der Waals surface area contributed by atoms with E-state index in [1.807, 2.05) is 39.6 Å². The number of hydrogen-bond acceptors (Lipinski definition) is 7.